The Kier molecular flexibility index (Phi) is 3.74. The second kappa shape index (κ2) is 4.88. The number of hydrogen-bond acceptors (Lipinski definition) is 3. The fourth-order valence-corrected chi connectivity index (χ4v) is 1.44. The van der Waals surface area contributed by atoms with Crippen molar-refractivity contribution in [3.63, 3.8) is 0 Å². The van der Waals surface area contributed by atoms with Crippen molar-refractivity contribution in [2.45, 2.75) is 27.2 Å². The van der Waals surface area contributed by atoms with Crippen molar-refractivity contribution >= 4 is 17.3 Å². The van der Waals surface area contributed by atoms with Crippen molar-refractivity contribution in [3.05, 3.63) is 23.8 Å². The van der Waals surface area contributed by atoms with E-state index in [-0.39, 0.29) is 11.3 Å². The first-order valence-corrected chi connectivity index (χ1v) is 5.41. The Labute approximate surface area is 101 Å². The second-order valence-corrected chi connectivity index (χ2v) is 5.20. The van der Waals surface area contributed by atoms with Crippen molar-refractivity contribution < 1.29 is 4.79 Å². The molecule has 0 aliphatic rings. The zero-order valence-corrected chi connectivity index (χ0v) is 10.4. The molecule has 0 aliphatic carbocycles. The van der Waals surface area contributed by atoms with Gasteiger partial charge < -0.3 is 11.1 Å². The number of nitrogens with zero attached hydrogens (tertiary/aromatic N) is 1. The number of nitrogen functional groups attached to an aromatic ring is 1. The van der Waals surface area contributed by atoms with Gasteiger partial charge in [0.2, 0.25) is 5.91 Å². The quantitative estimate of drug-likeness (QED) is 0.767. The number of carbonyl (C=O) groups is 1. The molecule has 17 heavy (non-hydrogen) atoms. The van der Waals surface area contributed by atoms with Crippen LogP contribution in [0.4, 0.5) is 11.4 Å². The minimum atomic E-state index is -0.0984. The average Bonchev–Trinajstić information content (AvgIpc) is 2.17. The van der Waals surface area contributed by atoms with Gasteiger partial charge in [-0.15, -0.1) is 0 Å². The number of nitrogens with two attached hydrogens (primary N) is 1. The highest BCUT2D eigenvalue weighted by molar-refractivity contribution is 5.92. The van der Waals surface area contributed by atoms with Gasteiger partial charge >= 0.3 is 0 Å². The SMILES string of the molecule is CC(C)(C)CC(=O)Nc1ccc(N)cc1C#N. The van der Waals surface area contributed by atoms with Gasteiger partial charge in [0.15, 0.2) is 0 Å². The smallest absolute Gasteiger partial charge is 0.224 e. The fourth-order valence-electron chi connectivity index (χ4n) is 1.44. The molecule has 1 aromatic carbocycles. The molecule has 0 heterocycles. The molecule has 0 fully saturated rings. The lowest BCUT2D eigenvalue weighted by Gasteiger charge is -2.17. The van der Waals surface area contributed by atoms with Crippen molar-refractivity contribution in [2.24, 2.45) is 5.41 Å². The van der Waals surface area contributed by atoms with Crippen LogP contribution in [0.2, 0.25) is 0 Å². The number of anilines is 2. The van der Waals surface area contributed by atoms with Crippen LogP contribution in [-0.4, -0.2) is 5.91 Å². The zero-order valence-electron chi connectivity index (χ0n) is 10.4. The molecule has 0 spiro atoms. The van der Waals surface area contributed by atoms with Gasteiger partial charge in [-0.3, -0.25) is 4.79 Å². The van der Waals surface area contributed by atoms with Gasteiger partial charge in [0.05, 0.1) is 11.3 Å². The normalized spacial score (nSPS) is 10.7. The molecule has 4 nitrogen and oxygen atoms in total. The van der Waals surface area contributed by atoms with Crippen molar-refractivity contribution in [1.29, 1.82) is 5.26 Å². The van der Waals surface area contributed by atoms with E-state index in [4.69, 9.17) is 11.0 Å². The monoisotopic (exact) mass is 231 g/mol. The Morgan fingerprint density at radius 1 is 1.47 bits per heavy atom. The highest BCUT2D eigenvalue weighted by Crippen LogP contribution is 2.22. The van der Waals surface area contributed by atoms with Gasteiger partial charge in [-0.05, 0) is 23.6 Å². The summed E-state index contributed by atoms with van der Waals surface area (Å²) < 4.78 is 0. The van der Waals surface area contributed by atoms with E-state index in [1.54, 1.807) is 18.2 Å². The molecule has 0 unspecified atom stereocenters. The van der Waals surface area contributed by atoms with Gasteiger partial charge in [0.1, 0.15) is 6.07 Å². The highest BCUT2D eigenvalue weighted by atomic mass is 16.1. The van der Waals surface area contributed by atoms with Gasteiger partial charge in [-0.1, -0.05) is 20.8 Å². The third kappa shape index (κ3) is 4.15. The lowest BCUT2D eigenvalue weighted by molar-refractivity contribution is -0.117. The minimum Gasteiger partial charge on any atom is -0.399 e. The van der Waals surface area contributed by atoms with E-state index in [0.717, 1.165) is 0 Å². The van der Waals surface area contributed by atoms with Crippen LogP contribution in [0.1, 0.15) is 32.8 Å². The molecule has 0 bridgehead atoms. The Morgan fingerprint density at radius 2 is 2.12 bits per heavy atom. The van der Waals surface area contributed by atoms with E-state index in [1.165, 1.54) is 0 Å². The van der Waals surface area contributed by atoms with E-state index in [0.29, 0.717) is 23.4 Å². The van der Waals surface area contributed by atoms with Crippen molar-refractivity contribution in [3.8, 4) is 6.07 Å². The Hall–Kier alpha value is -2.02. The fraction of sp³-hybridized carbons (Fsp3) is 0.385. The summed E-state index contributed by atoms with van der Waals surface area (Å²) >= 11 is 0. The summed E-state index contributed by atoms with van der Waals surface area (Å²) in [4.78, 5) is 11.7. The van der Waals surface area contributed by atoms with E-state index < -0.39 is 0 Å². The van der Waals surface area contributed by atoms with Crippen LogP contribution in [0.5, 0.6) is 0 Å². The number of hydrogen-bond donors (Lipinski definition) is 2. The van der Waals surface area contributed by atoms with E-state index >= 15 is 0 Å². The van der Waals surface area contributed by atoms with Crippen LogP contribution < -0.4 is 11.1 Å². The zero-order chi connectivity index (χ0) is 13.1. The van der Waals surface area contributed by atoms with Crippen LogP contribution in [-0.2, 0) is 4.79 Å². The first-order valence-electron chi connectivity index (χ1n) is 5.41. The van der Waals surface area contributed by atoms with Crippen LogP contribution in [0.3, 0.4) is 0 Å². The van der Waals surface area contributed by atoms with Crippen LogP contribution >= 0.6 is 0 Å². The van der Waals surface area contributed by atoms with Crippen molar-refractivity contribution in [1.82, 2.24) is 0 Å². The Balaban J connectivity index is 2.83. The Bertz CT molecular complexity index is 467. The number of carbonyl (C=O) groups excluding carboxylic acids is 1. The summed E-state index contributed by atoms with van der Waals surface area (Å²) in [5.41, 5.74) is 6.89. The van der Waals surface area contributed by atoms with Crippen molar-refractivity contribution in [2.75, 3.05) is 11.1 Å². The predicted octanol–water partition coefficient (Wildman–Crippen LogP) is 2.52. The minimum absolute atomic E-state index is 0.0787. The van der Waals surface area contributed by atoms with Crippen LogP contribution in [0, 0.1) is 16.7 Å². The molecule has 1 amide bonds. The summed E-state index contributed by atoms with van der Waals surface area (Å²) in [5, 5.41) is 11.7. The molecule has 4 heteroatoms. The molecule has 0 saturated heterocycles. The number of nitriles is 1. The molecular formula is C13H17N3O. The maximum atomic E-state index is 11.7. The first kappa shape index (κ1) is 13.0. The van der Waals surface area contributed by atoms with Gasteiger partial charge in [-0.2, -0.15) is 5.26 Å². The average molecular weight is 231 g/mol. The Morgan fingerprint density at radius 3 is 2.65 bits per heavy atom. The molecule has 90 valence electrons. The number of nitrogens with one attached hydrogen (secondary N) is 1. The molecule has 0 aliphatic heterocycles. The molecule has 0 aromatic heterocycles. The topological polar surface area (TPSA) is 78.9 Å². The molecule has 1 rings (SSSR count). The maximum absolute atomic E-state index is 11.7. The predicted molar refractivity (Wildman–Crippen MR) is 68.3 cm³/mol. The molecular weight excluding hydrogens is 214 g/mol. The number of rotatable bonds is 2. The van der Waals surface area contributed by atoms with E-state index in [2.05, 4.69) is 5.32 Å². The molecule has 0 atom stereocenters. The van der Waals surface area contributed by atoms with Gasteiger partial charge in [-0.25, -0.2) is 0 Å². The summed E-state index contributed by atoms with van der Waals surface area (Å²) in [6, 6.07) is 6.87. The van der Waals surface area contributed by atoms with E-state index in [1.807, 2.05) is 26.8 Å². The molecule has 1 aromatic rings. The summed E-state index contributed by atoms with van der Waals surface area (Å²) in [6.07, 6.45) is 0.405. The molecule has 0 saturated carbocycles. The van der Waals surface area contributed by atoms with Crippen LogP contribution in [0.25, 0.3) is 0 Å². The lowest BCUT2D eigenvalue weighted by atomic mass is 9.92. The number of benzene rings is 1. The van der Waals surface area contributed by atoms with E-state index in [9.17, 15) is 4.79 Å². The van der Waals surface area contributed by atoms with Gasteiger partial charge in [0.25, 0.3) is 0 Å². The largest absolute Gasteiger partial charge is 0.399 e. The standard InChI is InChI=1S/C13H17N3O/c1-13(2,3)7-12(17)16-11-5-4-10(15)6-9(11)8-14/h4-6H,7,15H2,1-3H3,(H,16,17). The summed E-state index contributed by atoms with van der Waals surface area (Å²) in [7, 11) is 0. The molecule has 0 radical (unpaired) electrons. The van der Waals surface area contributed by atoms with Crippen LogP contribution in [0.15, 0.2) is 18.2 Å². The lowest BCUT2D eigenvalue weighted by Crippen LogP contribution is -2.20. The number of amides is 1. The third-order valence-electron chi connectivity index (χ3n) is 2.13. The molecule has 3 N–H and O–H groups in total. The summed E-state index contributed by atoms with van der Waals surface area (Å²) in [5.74, 6) is -0.0984. The maximum Gasteiger partial charge on any atom is 0.224 e. The summed E-state index contributed by atoms with van der Waals surface area (Å²) in [6.45, 7) is 5.96. The first-order chi connectivity index (χ1) is 7.81. The van der Waals surface area contributed by atoms with Gasteiger partial charge in [0, 0.05) is 12.1 Å². The second-order valence-electron chi connectivity index (χ2n) is 5.20. The third-order valence-corrected chi connectivity index (χ3v) is 2.13. The highest BCUT2D eigenvalue weighted by Gasteiger charge is 2.16.